The molecule has 0 amide bonds. The summed E-state index contributed by atoms with van der Waals surface area (Å²) >= 11 is 0. The van der Waals surface area contributed by atoms with Crippen molar-refractivity contribution in [2.24, 2.45) is 0 Å². The molecule has 5 aromatic heterocycles. The number of hydrogen-bond acceptors (Lipinski definition) is 7. The van der Waals surface area contributed by atoms with Gasteiger partial charge >= 0.3 is 0 Å². The van der Waals surface area contributed by atoms with E-state index in [1.54, 1.807) is 37.1 Å². The number of imidazole rings is 1. The van der Waals surface area contributed by atoms with Crippen molar-refractivity contribution in [1.82, 2.24) is 40.1 Å². The van der Waals surface area contributed by atoms with E-state index in [1.165, 1.54) is 12.1 Å². The van der Waals surface area contributed by atoms with Crippen LogP contribution in [0.1, 0.15) is 0 Å². The second kappa shape index (κ2) is 6.91. The van der Waals surface area contributed by atoms with E-state index in [4.69, 9.17) is 0 Å². The van der Waals surface area contributed by atoms with Gasteiger partial charge in [-0.15, -0.1) is 0 Å². The fraction of sp³-hybridized carbons (Fsp3) is 0. The lowest BCUT2D eigenvalue weighted by Crippen LogP contribution is -1.87. The van der Waals surface area contributed by atoms with Crippen LogP contribution in [0.5, 0.6) is 5.75 Å². The number of benzene rings is 1. The van der Waals surface area contributed by atoms with Gasteiger partial charge in [-0.25, -0.2) is 14.4 Å². The molecule has 10 heteroatoms. The van der Waals surface area contributed by atoms with E-state index in [1.807, 2.05) is 6.07 Å². The van der Waals surface area contributed by atoms with Crippen molar-refractivity contribution in [3.8, 4) is 39.8 Å². The largest absolute Gasteiger partial charge is 0.508 e. The van der Waals surface area contributed by atoms with Crippen LogP contribution >= 0.6 is 0 Å². The Bertz CT molecular complexity index is 1590. The fourth-order valence-corrected chi connectivity index (χ4v) is 3.64. The van der Waals surface area contributed by atoms with E-state index >= 15 is 0 Å². The van der Waals surface area contributed by atoms with E-state index < -0.39 is 5.82 Å². The summed E-state index contributed by atoms with van der Waals surface area (Å²) in [5.74, 6) is -0.245. The van der Waals surface area contributed by atoms with Crippen LogP contribution in [-0.2, 0) is 0 Å². The number of H-pyrrole nitrogens is 2. The number of nitrogens with zero attached hydrogens (tertiary/aromatic N) is 6. The third-order valence-corrected chi connectivity index (χ3v) is 5.06. The van der Waals surface area contributed by atoms with E-state index in [0.29, 0.717) is 45.2 Å². The maximum atomic E-state index is 13.8. The Kier molecular flexibility index (Phi) is 3.90. The lowest BCUT2D eigenvalue weighted by atomic mass is 10.1. The summed E-state index contributed by atoms with van der Waals surface area (Å²) in [5, 5.41) is 17.9. The van der Waals surface area contributed by atoms with Crippen LogP contribution < -0.4 is 0 Å². The number of aromatic amines is 2. The normalized spacial score (nSPS) is 11.4. The van der Waals surface area contributed by atoms with Crippen LogP contribution in [0, 0.1) is 5.82 Å². The summed E-state index contributed by atoms with van der Waals surface area (Å²) in [6.07, 6.45) is 8.18. The second-order valence-electron chi connectivity index (χ2n) is 7.12. The molecule has 3 N–H and O–H groups in total. The SMILES string of the molecule is Oc1cc(F)cc(-c2nccc3[nH]c(-c4n[nH]c5ncc(-c6cnccn6)cc45)nc23)c1. The first-order chi connectivity index (χ1) is 15.7. The number of aromatic hydroxyl groups is 1. The number of hydrogen-bond donors (Lipinski definition) is 3. The van der Waals surface area contributed by atoms with E-state index in [0.717, 1.165) is 17.0 Å². The molecule has 6 aromatic rings. The van der Waals surface area contributed by atoms with Crippen molar-refractivity contribution < 1.29 is 9.50 Å². The minimum Gasteiger partial charge on any atom is -0.508 e. The van der Waals surface area contributed by atoms with Gasteiger partial charge in [0.15, 0.2) is 11.5 Å². The molecular formula is C22H13FN8O. The van der Waals surface area contributed by atoms with Gasteiger partial charge in [0.25, 0.3) is 0 Å². The smallest absolute Gasteiger partial charge is 0.159 e. The molecule has 0 saturated heterocycles. The predicted octanol–water partition coefficient (Wildman–Crippen LogP) is 3.86. The van der Waals surface area contributed by atoms with Crippen molar-refractivity contribution >= 4 is 22.1 Å². The number of halogens is 1. The zero-order valence-corrected chi connectivity index (χ0v) is 16.3. The Hall–Kier alpha value is -4.73. The van der Waals surface area contributed by atoms with Crippen molar-refractivity contribution in [1.29, 1.82) is 0 Å². The number of phenolic OH excluding ortho intramolecular Hbond substituents is 1. The summed E-state index contributed by atoms with van der Waals surface area (Å²) in [6.45, 7) is 0. The Labute approximate surface area is 179 Å². The van der Waals surface area contributed by atoms with Crippen molar-refractivity contribution in [2.45, 2.75) is 0 Å². The fourth-order valence-electron chi connectivity index (χ4n) is 3.64. The van der Waals surface area contributed by atoms with Gasteiger partial charge in [0, 0.05) is 42.0 Å². The van der Waals surface area contributed by atoms with Gasteiger partial charge in [0.2, 0.25) is 0 Å². The molecule has 0 fully saturated rings. The number of phenols is 1. The monoisotopic (exact) mass is 424 g/mol. The highest BCUT2D eigenvalue weighted by Crippen LogP contribution is 2.32. The van der Waals surface area contributed by atoms with Gasteiger partial charge in [0.1, 0.15) is 22.8 Å². The van der Waals surface area contributed by atoms with Crippen LogP contribution in [0.2, 0.25) is 0 Å². The lowest BCUT2D eigenvalue weighted by molar-refractivity contribution is 0.469. The van der Waals surface area contributed by atoms with Gasteiger partial charge < -0.3 is 10.1 Å². The van der Waals surface area contributed by atoms with Crippen LogP contribution in [0.4, 0.5) is 4.39 Å². The lowest BCUT2D eigenvalue weighted by Gasteiger charge is -2.03. The third-order valence-electron chi connectivity index (χ3n) is 5.06. The summed E-state index contributed by atoms with van der Waals surface area (Å²) < 4.78 is 13.8. The second-order valence-corrected chi connectivity index (χ2v) is 7.12. The topological polar surface area (TPSA) is 129 Å². The first-order valence-corrected chi connectivity index (χ1v) is 9.61. The molecule has 0 aliphatic carbocycles. The van der Waals surface area contributed by atoms with Crippen LogP contribution in [0.3, 0.4) is 0 Å². The number of nitrogens with one attached hydrogen (secondary N) is 2. The molecule has 154 valence electrons. The molecule has 0 saturated carbocycles. The first-order valence-electron chi connectivity index (χ1n) is 9.61. The highest BCUT2D eigenvalue weighted by atomic mass is 19.1. The van der Waals surface area contributed by atoms with Gasteiger partial charge in [-0.3, -0.25) is 20.1 Å². The Morgan fingerprint density at radius 3 is 2.66 bits per heavy atom. The Morgan fingerprint density at radius 1 is 0.875 bits per heavy atom. The number of aromatic nitrogens is 8. The third kappa shape index (κ3) is 2.93. The predicted molar refractivity (Wildman–Crippen MR) is 115 cm³/mol. The molecule has 5 heterocycles. The van der Waals surface area contributed by atoms with E-state index in [2.05, 4.69) is 40.1 Å². The average Bonchev–Trinajstić information content (AvgIpc) is 3.42. The number of fused-ring (bicyclic) bond motifs is 2. The minimum atomic E-state index is -0.560. The summed E-state index contributed by atoms with van der Waals surface area (Å²) in [6, 6.07) is 7.48. The number of rotatable bonds is 3. The zero-order valence-electron chi connectivity index (χ0n) is 16.3. The maximum Gasteiger partial charge on any atom is 0.159 e. The molecule has 0 aliphatic heterocycles. The summed E-state index contributed by atoms with van der Waals surface area (Å²) in [7, 11) is 0. The molecule has 0 unspecified atom stereocenters. The van der Waals surface area contributed by atoms with Gasteiger partial charge in [-0.05, 0) is 24.3 Å². The standard InChI is InChI=1S/C22H13FN8O/c23-13-5-11(6-14(32)8-13)18-20-16(1-2-26-18)28-22(29-20)19-15-7-12(9-27-21(15)31-30-19)17-10-24-3-4-25-17/h1-10,32H,(H,28,29)(H,27,30,31). The zero-order chi connectivity index (χ0) is 21.7. The van der Waals surface area contributed by atoms with E-state index in [9.17, 15) is 9.50 Å². The van der Waals surface area contributed by atoms with Gasteiger partial charge in [0.05, 0.1) is 28.5 Å². The van der Waals surface area contributed by atoms with Crippen molar-refractivity contribution in [2.75, 3.05) is 0 Å². The molecule has 32 heavy (non-hydrogen) atoms. The summed E-state index contributed by atoms with van der Waals surface area (Å²) in [5.41, 5.74) is 4.74. The van der Waals surface area contributed by atoms with Crippen LogP contribution in [0.15, 0.2) is 61.3 Å². The molecule has 1 aromatic carbocycles. The molecule has 6 rings (SSSR count). The van der Waals surface area contributed by atoms with Gasteiger partial charge in [-0.1, -0.05) is 0 Å². The quantitative estimate of drug-likeness (QED) is 0.393. The summed E-state index contributed by atoms with van der Waals surface area (Å²) in [4.78, 5) is 25.1. The van der Waals surface area contributed by atoms with E-state index in [-0.39, 0.29) is 5.75 Å². The van der Waals surface area contributed by atoms with Crippen molar-refractivity contribution in [3.63, 3.8) is 0 Å². The van der Waals surface area contributed by atoms with Gasteiger partial charge in [-0.2, -0.15) is 5.10 Å². The molecule has 0 aliphatic rings. The molecule has 9 nitrogen and oxygen atoms in total. The van der Waals surface area contributed by atoms with Crippen LogP contribution in [0.25, 0.3) is 56.1 Å². The molecule has 0 atom stereocenters. The molecule has 0 radical (unpaired) electrons. The number of pyridine rings is 2. The molecular weight excluding hydrogens is 411 g/mol. The molecule has 0 bridgehead atoms. The Balaban J connectivity index is 1.52. The Morgan fingerprint density at radius 2 is 1.81 bits per heavy atom. The minimum absolute atomic E-state index is 0.185. The maximum absolute atomic E-state index is 13.8. The first kappa shape index (κ1) is 18.1. The highest BCUT2D eigenvalue weighted by molar-refractivity contribution is 5.96. The van der Waals surface area contributed by atoms with Crippen LogP contribution in [-0.4, -0.2) is 45.2 Å². The average molecular weight is 424 g/mol. The van der Waals surface area contributed by atoms with Crippen molar-refractivity contribution in [3.05, 3.63) is 67.1 Å². The molecule has 0 spiro atoms. The highest BCUT2D eigenvalue weighted by Gasteiger charge is 2.17.